The maximum atomic E-state index is 13.4. The van der Waals surface area contributed by atoms with Gasteiger partial charge in [0, 0.05) is 19.3 Å². The Morgan fingerprint density at radius 1 is 1.35 bits per heavy atom. The number of morpholine rings is 1. The van der Waals surface area contributed by atoms with Crippen LogP contribution in [0.5, 0.6) is 0 Å². The largest absolute Gasteiger partial charge is 0.421 e. The SMILES string of the molecule is CC(C)(C)C[C@H](CN(O)C=O)C(=O)NNc1ncc(C(F)(F)F)c(N2CCOCC2)n1. The highest BCUT2D eigenvalue weighted by Crippen LogP contribution is 2.35. The zero-order chi connectivity index (χ0) is 23.2. The molecule has 1 atom stereocenters. The van der Waals surface area contributed by atoms with Crippen molar-refractivity contribution in [2.45, 2.75) is 33.4 Å². The first-order valence-corrected chi connectivity index (χ1v) is 9.64. The van der Waals surface area contributed by atoms with Gasteiger partial charge in [0.25, 0.3) is 0 Å². The molecule has 2 rings (SSSR count). The summed E-state index contributed by atoms with van der Waals surface area (Å²) in [5.41, 5.74) is 3.49. The van der Waals surface area contributed by atoms with Crippen molar-refractivity contribution in [1.82, 2.24) is 20.5 Å². The summed E-state index contributed by atoms with van der Waals surface area (Å²) in [7, 11) is 0. The Hall–Kier alpha value is -2.67. The van der Waals surface area contributed by atoms with Gasteiger partial charge < -0.3 is 9.64 Å². The van der Waals surface area contributed by atoms with Gasteiger partial charge in [-0.05, 0) is 11.8 Å². The minimum atomic E-state index is -4.65. The third-order valence-corrected chi connectivity index (χ3v) is 4.44. The van der Waals surface area contributed by atoms with E-state index in [-0.39, 0.29) is 56.4 Å². The van der Waals surface area contributed by atoms with Gasteiger partial charge in [-0.25, -0.2) is 10.0 Å². The predicted octanol–water partition coefficient (Wildman–Crippen LogP) is 1.68. The number of hydrogen-bond acceptors (Lipinski definition) is 8. The van der Waals surface area contributed by atoms with Crippen LogP contribution >= 0.6 is 0 Å². The van der Waals surface area contributed by atoms with Crippen LogP contribution in [-0.4, -0.2) is 65.4 Å². The fraction of sp³-hybridized carbons (Fsp3) is 0.667. The summed E-state index contributed by atoms with van der Waals surface area (Å²) in [5.74, 6) is -1.90. The number of hydroxylamine groups is 2. The maximum Gasteiger partial charge on any atom is 0.421 e. The summed E-state index contributed by atoms with van der Waals surface area (Å²) in [5, 5.41) is 9.83. The minimum absolute atomic E-state index is 0.184. The molecule has 0 unspecified atom stereocenters. The second-order valence-electron chi connectivity index (χ2n) is 8.33. The Morgan fingerprint density at radius 2 is 2.00 bits per heavy atom. The van der Waals surface area contributed by atoms with Crippen LogP contribution in [0.25, 0.3) is 0 Å². The average molecular weight is 448 g/mol. The molecule has 1 fully saturated rings. The van der Waals surface area contributed by atoms with Crippen LogP contribution in [0.4, 0.5) is 24.9 Å². The summed E-state index contributed by atoms with van der Waals surface area (Å²) in [6.07, 6.45) is -3.48. The molecule has 10 nitrogen and oxygen atoms in total. The van der Waals surface area contributed by atoms with Gasteiger partial charge in [-0.2, -0.15) is 18.2 Å². The number of anilines is 2. The lowest BCUT2D eigenvalue weighted by Gasteiger charge is -2.30. The second-order valence-corrected chi connectivity index (χ2v) is 8.33. The van der Waals surface area contributed by atoms with Crippen molar-refractivity contribution in [1.29, 1.82) is 0 Å². The lowest BCUT2D eigenvalue weighted by molar-refractivity contribution is -0.155. The second kappa shape index (κ2) is 10.1. The zero-order valence-corrected chi connectivity index (χ0v) is 17.6. The molecular formula is C18H27F3N6O4. The Balaban J connectivity index is 2.17. The van der Waals surface area contributed by atoms with Crippen LogP contribution < -0.4 is 15.8 Å². The lowest BCUT2D eigenvalue weighted by atomic mass is 9.84. The molecule has 0 bridgehead atoms. The van der Waals surface area contributed by atoms with Gasteiger partial charge in [-0.1, -0.05) is 20.8 Å². The average Bonchev–Trinajstić information content (AvgIpc) is 2.70. The minimum Gasteiger partial charge on any atom is -0.378 e. The van der Waals surface area contributed by atoms with E-state index < -0.39 is 23.6 Å². The zero-order valence-electron chi connectivity index (χ0n) is 17.6. The first-order valence-electron chi connectivity index (χ1n) is 9.64. The number of nitrogens with one attached hydrogen (secondary N) is 2. The molecule has 31 heavy (non-hydrogen) atoms. The Bertz CT molecular complexity index is 766. The van der Waals surface area contributed by atoms with E-state index in [1.807, 2.05) is 20.8 Å². The number of nitrogens with zero attached hydrogens (tertiary/aromatic N) is 4. The molecule has 1 aliphatic heterocycles. The molecule has 2 amide bonds. The standard InChI is InChI=1S/C18H27F3N6O4/c1-17(2,3)8-12(10-27(30)11-28)15(29)24-25-16-22-9-13(18(19,20)21)14(23-16)26-4-6-31-7-5-26/h9,11-12,30H,4-8,10H2,1-3H3,(H,24,29)(H,22,23,25)/t12-/m1/s1. The first-order chi connectivity index (χ1) is 14.4. The van der Waals surface area contributed by atoms with Gasteiger partial charge in [0.2, 0.25) is 18.3 Å². The molecule has 2 heterocycles. The molecule has 0 aromatic carbocycles. The number of carbonyl (C=O) groups is 2. The van der Waals surface area contributed by atoms with Crippen LogP contribution in [-0.2, 0) is 20.5 Å². The summed E-state index contributed by atoms with van der Waals surface area (Å²) >= 11 is 0. The highest BCUT2D eigenvalue weighted by atomic mass is 19.4. The molecule has 174 valence electrons. The fourth-order valence-corrected chi connectivity index (χ4v) is 3.12. The number of carbonyl (C=O) groups excluding carboxylic acids is 2. The van der Waals surface area contributed by atoms with E-state index in [4.69, 9.17) is 4.74 Å². The van der Waals surface area contributed by atoms with E-state index >= 15 is 0 Å². The van der Waals surface area contributed by atoms with Crippen molar-refractivity contribution < 1.29 is 32.7 Å². The van der Waals surface area contributed by atoms with Gasteiger partial charge in [0.1, 0.15) is 11.4 Å². The van der Waals surface area contributed by atoms with E-state index in [1.165, 1.54) is 4.90 Å². The van der Waals surface area contributed by atoms with Gasteiger partial charge in [0.05, 0.1) is 25.7 Å². The third kappa shape index (κ3) is 7.51. The topological polar surface area (TPSA) is 120 Å². The molecular weight excluding hydrogens is 421 g/mol. The Labute approximate surface area is 177 Å². The van der Waals surface area contributed by atoms with E-state index in [2.05, 4.69) is 20.8 Å². The number of aromatic nitrogens is 2. The highest BCUT2D eigenvalue weighted by molar-refractivity contribution is 5.80. The Kier molecular flexibility index (Phi) is 8.01. The molecule has 0 aliphatic carbocycles. The highest BCUT2D eigenvalue weighted by Gasteiger charge is 2.37. The quantitative estimate of drug-likeness (QED) is 0.312. The van der Waals surface area contributed by atoms with Gasteiger partial charge in [-0.15, -0.1) is 0 Å². The maximum absolute atomic E-state index is 13.4. The number of hydrazine groups is 1. The van der Waals surface area contributed by atoms with Crippen molar-refractivity contribution in [2.24, 2.45) is 11.3 Å². The molecule has 0 spiro atoms. The summed E-state index contributed by atoms with van der Waals surface area (Å²) in [4.78, 5) is 32.3. The summed E-state index contributed by atoms with van der Waals surface area (Å²) in [6.45, 7) is 6.41. The summed E-state index contributed by atoms with van der Waals surface area (Å²) < 4.78 is 45.3. The van der Waals surface area contributed by atoms with Crippen molar-refractivity contribution in [3.8, 4) is 0 Å². The van der Waals surface area contributed by atoms with Crippen LogP contribution in [0.1, 0.15) is 32.8 Å². The first kappa shape index (κ1) is 24.6. The third-order valence-electron chi connectivity index (χ3n) is 4.44. The van der Waals surface area contributed by atoms with E-state index in [9.17, 15) is 28.0 Å². The van der Waals surface area contributed by atoms with Gasteiger partial charge in [0.15, 0.2) is 0 Å². The van der Waals surface area contributed by atoms with Crippen LogP contribution in [0, 0.1) is 11.3 Å². The van der Waals surface area contributed by atoms with Crippen LogP contribution in [0.3, 0.4) is 0 Å². The molecule has 1 saturated heterocycles. The molecule has 0 radical (unpaired) electrons. The number of alkyl halides is 3. The molecule has 1 aromatic rings. The number of hydrogen-bond donors (Lipinski definition) is 3. The van der Waals surface area contributed by atoms with Crippen LogP contribution in [0.2, 0.25) is 0 Å². The van der Waals surface area contributed by atoms with E-state index in [0.717, 1.165) is 0 Å². The smallest absolute Gasteiger partial charge is 0.378 e. The number of amides is 2. The lowest BCUT2D eigenvalue weighted by Crippen LogP contribution is -2.42. The van der Waals surface area contributed by atoms with E-state index in [0.29, 0.717) is 17.7 Å². The fourth-order valence-electron chi connectivity index (χ4n) is 3.12. The molecule has 0 saturated carbocycles. The molecule has 1 aliphatic rings. The van der Waals surface area contributed by atoms with Crippen molar-refractivity contribution >= 4 is 24.1 Å². The molecule has 1 aromatic heterocycles. The normalized spacial score (nSPS) is 15.9. The predicted molar refractivity (Wildman–Crippen MR) is 104 cm³/mol. The Morgan fingerprint density at radius 3 is 2.55 bits per heavy atom. The number of halogens is 3. The van der Waals surface area contributed by atoms with Crippen molar-refractivity contribution in [2.75, 3.05) is 43.2 Å². The number of rotatable bonds is 8. The van der Waals surface area contributed by atoms with Crippen molar-refractivity contribution in [3.63, 3.8) is 0 Å². The molecule has 3 N–H and O–H groups in total. The van der Waals surface area contributed by atoms with Gasteiger partial charge in [-0.3, -0.25) is 25.6 Å². The monoisotopic (exact) mass is 448 g/mol. The van der Waals surface area contributed by atoms with Crippen LogP contribution in [0.15, 0.2) is 6.20 Å². The number of ether oxygens (including phenoxy) is 1. The van der Waals surface area contributed by atoms with Gasteiger partial charge >= 0.3 is 6.18 Å². The van der Waals surface area contributed by atoms with Crippen molar-refractivity contribution in [3.05, 3.63) is 11.8 Å². The summed E-state index contributed by atoms with van der Waals surface area (Å²) in [6, 6.07) is 0. The van der Waals surface area contributed by atoms with E-state index in [1.54, 1.807) is 0 Å². The molecule has 13 heteroatoms.